The topological polar surface area (TPSA) is 37.3 Å². The Morgan fingerprint density at radius 1 is 1.05 bits per heavy atom. The molecule has 0 amide bonds. The summed E-state index contributed by atoms with van der Waals surface area (Å²) >= 11 is 12.0. The summed E-state index contributed by atoms with van der Waals surface area (Å²) in [4.78, 5) is 4.30. The normalized spacial score (nSPS) is 11.1. The molecular weight excluding hydrogens is 305 g/mol. The number of hydrogen-bond donors (Lipinski definition) is 1. The van der Waals surface area contributed by atoms with E-state index in [2.05, 4.69) is 15.5 Å². The number of fused-ring (bicyclic) bond motifs is 1. The van der Waals surface area contributed by atoms with Gasteiger partial charge in [0.15, 0.2) is 0 Å². The summed E-state index contributed by atoms with van der Waals surface area (Å²) in [5.41, 5.74) is 5.57. The number of nitrogens with zero attached hydrogens (tertiary/aromatic N) is 2. The minimum Gasteiger partial charge on any atom is -0.278 e. The predicted molar refractivity (Wildman–Crippen MR) is 89.4 cm³/mol. The maximum absolute atomic E-state index is 6.09. The van der Waals surface area contributed by atoms with Crippen LogP contribution in [0.25, 0.3) is 10.9 Å². The van der Waals surface area contributed by atoms with Crippen LogP contribution in [0.1, 0.15) is 5.56 Å². The molecule has 0 fully saturated rings. The molecule has 104 valence electrons. The Balaban J connectivity index is 1.86. The number of aromatic nitrogens is 1. The standard InChI is InChI=1S/C16H11Cl2N3/c17-12-6-7-14(18)11(9-12)10-20-21-16-5-1-4-15-13(16)3-2-8-19-15/h1-10,21H/b20-10+. The molecule has 5 heteroatoms. The van der Waals surface area contributed by atoms with E-state index in [9.17, 15) is 0 Å². The molecule has 2 aromatic carbocycles. The maximum atomic E-state index is 6.09. The van der Waals surface area contributed by atoms with Crippen LogP contribution < -0.4 is 5.43 Å². The number of rotatable bonds is 3. The van der Waals surface area contributed by atoms with Crippen molar-refractivity contribution >= 4 is 46.0 Å². The number of hydrazone groups is 1. The van der Waals surface area contributed by atoms with Crippen molar-refractivity contribution in [1.82, 2.24) is 4.98 Å². The maximum Gasteiger partial charge on any atom is 0.0723 e. The summed E-state index contributed by atoms with van der Waals surface area (Å²) in [6.07, 6.45) is 3.41. The summed E-state index contributed by atoms with van der Waals surface area (Å²) < 4.78 is 0. The average Bonchev–Trinajstić information content (AvgIpc) is 2.51. The highest BCUT2D eigenvalue weighted by Gasteiger charge is 2.00. The van der Waals surface area contributed by atoms with Crippen molar-refractivity contribution in [3.63, 3.8) is 0 Å². The fraction of sp³-hybridized carbons (Fsp3) is 0. The van der Waals surface area contributed by atoms with Crippen LogP contribution in [0.3, 0.4) is 0 Å². The van der Waals surface area contributed by atoms with Crippen LogP contribution in [0.2, 0.25) is 10.0 Å². The zero-order chi connectivity index (χ0) is 14.7. The molecule has 0 spiro atoms. The van der Waals surface area contributed by atoms with Crippen molar-refractivity contribution in [3.05, 3.63) is 70.3 Å². The molecule has 0 aliphatic rings. The number of benzene rings is 2. The molecule has 0 unspecified atom stereocenters. The van der Waals surface area contributed by atoms with E-state index in [0.717, 1.165) is 22.2 Å². The molecule has 1 aromatic heterocycles. The van der Waals surface area contributed by atoms with E-state index in [-0.39, 0.29) is 0 Å². The number of anilines is 1. The third-order valence-electron chi connectivity index (χ3n) is 2.99. The van der Waals surface area contributed by atoms with Crippen LogP contribution in [0, 0.1) is 0 Å². The van der Waals surface area contributed by atoms with Crippen LogP contribution >= 0.6 is 23.2 Å². The van der Waals surface area contributed by atoms with Crippen LogP contribution in [0.4, 0.5) is 5.69 Å². The van der Waals surface area contributed by atoms with Gasteiger partial charge in [0, 0.05) is 27.2 Å². The van der Waals surface area contributed by atoms with Crippen molar-refractivity contribution in [2.45, 2.75) is 0 Å². The summed E-state index contributed by atoms with van der Waals surface area (Å²) in [6.45, 7) is 0. The highest BCUT2D eigenvalue weighted by atomic mass is 35.5. The van der Waals surface area contributed by atoms with Gasteiger partial charge in [-0.15, -0.1) is 0 Å². The average molecular weight is 316 g/mol. The summed E-state index contributed by atoms with van der Waals surface area (Å²) in [6, 6.07) is 15.0. The summed E-state index contributed by atoms with van der Waals surface area (Å²) in [5, 5.41) is 6.45. The van der Waals surface area contributed by atoms with Crippen molar-refractivity contribution in [2.24, 2.45) is 5.10 Å². The van der Waals surface area contributed by atoms with Gasteiger partial charge in [0.25, 0.3) is 0 Å². The minimum atomic E-state index is 0.601. The molecule has 21 heavy (non-hydrogen) atoms. The Kier molecular flexibility index (Phi) is 4.04. The molecule has 0 bridgehead atoms. The second kappa shape index (κ2) is 6.12. The Bertz CT molecular complexity index is 810. The van der Waals surface area contributed by atoms with Gasteiger partial charge in [-0.2, -0.15) is 5.10 Å². The smallest absolute Gasteiger partial charge is 0.0723 e. The van der Waals surface area contributed by atoms with Crippen molar-refractivity contribution in [2.75, 3.05) is 5.43 Å². The Morgan fingerprint density at radius 2 is 1.95 bits per heavy atom. The van der Waals surface area contributed by atoms with Gasteiger partial charge < -0.3 is 0 Å². The van der Waals surface area contributed by atoms with Gasteiger partial charge in [-0.3, -0.25) is 10.4 Å². The molecule has 0 atom stereocenters. The molecular formula is C16H11Cl2N3. The Morgan fingerprint density at radius 3 is 2.86 bits per heavy atom. The Hall–Kier alpha value is -2.10. The van der Waals surface area contributed by atoms with Crippen molar-refractivity contribution in [1.29, 1.82) is 0 Å². The first-order valence-corrected chi connectivity index (χ1v) is 7.07. The molecule has 3 nitrogen and oxygen atoms in total. The lowest BCUT2D eigenvalue weighted by Crippen LogP contribution is -1.93. The molecule has 3 aromatic rings. The fourth-order valence-corrected chi connectivity index (χ4v) is 2.33. The number of halogens is 2. The SMILES string of the molecule is Clc1ccc(Cl)c(/C=N/Nc2cccc3ncccc23)c1. The lowest BCUT2D eigenvalue weighted by atomic mass is 10.2. The zero-order valence-electron chi connectivity index (χ0n) is 10.9. The van der Waals surface area contributed by atoms with Gasteiger partial charge in [-0.25, -0.2) is 0 Å². The third-order valence-corrected chi connectivity index (χ3v) is 3.57. The molecule has 0 aliphatic heterocycles. The van der Waals surface area contributed by atoms with E-state index in [1.165, 1.54) is 0 Å². The molecule has 0 radical (unpaired) electrons. The first-order valence-electron chi connectivity index (χ1n) is 6.32. The van der Waals surface area contributed by atoms with Gasteiger partial charge in [0.1, 0.15) is 0 Å². The van der Waals surface area contributed by atoms with Gasteiger partial charge in [0.2, 0.25) is 0 Å². The van der Waals surface area contributed by atoms with E-state index < -0.39 is 0 Å². The summed E-state index contributed by atoms with van der Waals surface area (Å²) in [7, 11) is 0. The third kappa shape index (κ3) is 3.15. The van der Waals surface area contributed by atoms with Crippen LogP contribution in [0.5, 0.6) is 0 Å². The van der Waals surface area contributed by atoms with E-state index >= 15 is 0 Å². The van der Waals surface area contributed by atoms with E-state index in [4.69, 9.17) is 23.2 Å². The molecule has 0 saturated heterocycles. The number of pyridine rings is 1. The van der Waals surface area contributed by atoms with E-state index in [1.54, 1.807) is 30.6 Å². The largest absolute Gasteiger partial charge is 0.278 e. The minimum absolute atomic E-state index is 0.601. The summed E-state index contributed by atoms with van der Waals surface area (Å²) in [5.74, 6) is 0. The second-order valence-corrected chi connectivity index (χ2v) is 5.26. The predicted octanol–water partition coefficient (Wildman–Crippen LogP) is 4.99. The first-order chi connectivity index (χ1) is 10.2. The molecule has 0 saturated carbocycles. The van der Waals surface area contributed by atoms with Gasteiger partial charge in [-0.05, 0) is 42.5 Å². The van der Waals surface area contributed by atoms with Gasteiger partial charge >= 0.3 is 0 Å². The van der Waals surface area contributed by atoms with Crippen LogP contribution in [0.15, 0.2) is 59.8 Å². The van der Waals surface area contributed by atoms with Crippen LogP contribution in [-0.4, -0.2) is 11.2 Å². The molecule has 3 rings (SSSR count). The van der Waals surface area contributed by atoms with Crippen LogP contribution in [-0.2, 0) is 0 Å². The van der Waals surface area contributed by atoms with E-state index in [0.29, 0.717) is 10.0 Å². The highest BCUT2D eigenvalue weighted by molar-refractivity contribution is 6.35. The lowest BCUT2D eigenvalue weighted by Gasteiger charge is -2.05. The van der Waals surface area contributed by atoms with Crippen molar-refractivity contribution < 1.29 is 0 Å². The zero-order valence-corrected chi connectivity index (χ0v) is 12.4. The second-order valence-electron chi connectivity index (χ2n) is 4.41. The first kappa shape index (κ1) is 13.9. The fourth-order valence-electron chi connectivity index (χ4n) is 1.99. The number of nitrogens with one attached hydrogen (secondary N) is 1. The monoisotopic (exact) mass is 315 g/mol. The van der Waals surface area contributed by atoms with Crippen molar-refractivity contribution in [3.8, 4) is 0 Å². The van der Waals surface area contributed by atoms with Gasteiger partial charge in [0.05, 0.1) is 17.4 Å². The molecule has 1 heterocycles. The quantitative estimate of drug-likeness (QED) is 0.546. The highest BCUT2D eigenvalue weighted by Crippen LogP contribution is 2.22. The molecule has 0 aliphatic carbocycles. The molecule has 1 N–H and O–H groups in total. The lowest BCUT2D eigenvalue weighted by molar-refractivity contribution is 1.35. The van der Waals surface area contributed by atoms with Gasteiger partial charge in [-0.1, -0.05) is 29.3 Å². The number of hydrogen-bond acceptors (Lipinski definition) is 3. The Labute approximate surface area is 132 Å². The van der Waals surface area contributed by atoms with E-state index in [1.807, 2.05) is 30.3 Å².